The van der Waals surface area contributed by atoms with E-state index >= 15 is 0 Å². The average molecular weight is 318 g/mol. The summed E-state index contributed by atoms with van der Waals surface area (Å²) in [5.74, 6) is 0.877. The molecule has 0 radical (unpaired) electrons. The zero-order valence-electron chi connectivity index (χ0n) is 13.0. The lowest BCUT2D eigenvalue weighted by atomic mass is 10.1. The summed E-state index contributed by atoms with van der Waals surface area (Å²) in [6.45, 7) is 0. The Balaban J connectivity index is 1.93. The molecule has 23 heavy (non-hydrogen) atoms. The van der Waals surface area contributed by atoms with Gasteiger partial charge in [0.25, 0.3) is 0 Å². The van der Waals surface area contributed by atoms with Crippen LogP contribution < -0.4 is 4.74 Å². The Morgan fingerprint density at radius 2 is 1.39 bits per heavy atom. The van der Waals surface area contributed by atoms with Crippen LogP contribution in [0.15, 0.2) is 89.8 Å². The van der Waals surface area contributed by atoms with Crippen LogP contribution >= 0.6 is 11.8 Å². The fourth-order valence-corrected chi connectivity index (χ4v) is 3.22. The summed E-state index contributed by atoms with van der Waals surface area (Å²) in [5, 5.41) is 0. The van der Waals surface area contributed by atoms with Crippen LogP contribution in [0.25, 0.3) is 11.0 Å². The van der Waals surface area contributed by atoms with Crippen LogP contribution in [0.2, 0.25) is 0 Å². The number of ether oxygens (including phenoxy) is 1. The second-order valence-corrected chi connectivity index (χ2v) is 6.18. The fraction of sp³-hybridized carbons (Fsp3) is 0.0476. The van der Waals surface area contributed by atoms with Crippen LogP contribution in [-0.2, 0) is 0 Å². The predicted octanol–water partition coefficient (Wildman–Crippen LogP) is 5.99. The minimum atomic E-state index is 0.877. The van der Waals surface area contributed by atoms with Crippen molar-refractivity contribution < 1.29 is 4.74 Å². The molecule has 0 spiro atoms. The molecule has 0 N–H and O–H groups in total. The Kier molecular flexibility index (Phi) is 5.17. The summed E-state index contributed by atoms with van der Waals surface area (Å²) < 4.78 is 5.23. The van der Waals surface area contributed by atoms with E-state index in [4.69, 9.17) is 4.74 Å². The normalized spacial score (nSPS) is 11.3. The van der Waals surface area contributed by atoms with Gasteiger partial charge in [-0.1, -0.05) is 72.4 Å². The first-order valence-corrected chi connectivity index (χ1v) is 8.31. The molecule has 3 aromatic carbocycles. The smallest absolute Gasteiger partial charge is 0.118 e. The van der Waals surface area contributed by atoms with Crippen LogP contribution in [0, 0.1) is 0 Å². The van der Waals surface area contributed by atoms with Crippen molar-refractivity contribution in [2.45, 2.75) is 4.90 Å². The monoisotopic (exact) mass is 318 g/mol. The molecule has 0 aliphatic heterocycles. The standard InChI is InChI=1S/C21H18OS/c1-22-19-12-14-20(15-13-19)23-21(18-10-6-3-7-11-18)16-17-8-4-2-5-9-17/h2-16H,1H3/b21-16-. The summed E-state index contributed by atoms with van der Waals surface area (Å²) in [5.41, 5.74) is 2.42. The predicted molar refractivity (Wildman–Crippen MR) is 99.6 cm³/mol. The molecule has 0 saturated carbocycles. The first-order valence-electron chi connectivity index (χ1n) is 7.49. The third-order valence-corrected chi connectivity index (χ3v) is 4.52. The van der Waals surface area contributed by atoms with Gasteiger partial charge >= 0.3 is 0 Å². The van der Waals surface area contributed by atoms with Crippen LogP contribution in [0.5, 0.6) is 5.75 Å². The molecule has 0 unspecified atom stereocenters. The maximum absolute atomic E-state index is 5.23. The van der Waals surface area contributed by atoms with E-state index in [1.165, 1.54) is 20.9 Å². The lowest BCUT2D eigenvalue weighted by molar-refractivity contribution is 0.414. The molecule has 0 saturated heterocycles. The molecule has 114 valence electrons. The number of benzene rings is 3. The fourth-order valence-electron chi connectivity index (χ4n) is 2.25. The summed E-state index contributed by atoms with van der Waals surface area (Å²) in [7, 11) is 1.69. The van der Waals surface area contributed by atoms with Crippen molar-refractivity contribution >= 4 is 22.7 Å². The third kappa shape index (κ3) is 4.27. The lowest BCUT2D eigenvalue weighted by Gasteiger charge is -2.09. The highest BCUT2D eigenvalue weighted by atomic mass is 32.2. The lowest BCUT2D eigenvalue weighted by Crippen LogP contribution is -1.83. The molecular formula is C21H18OS. The Morgan fingerprint density at radius 1 is 0.783 bits per heavy atom. The Labute approximate surface area is 141 Å². The van der Waals surface area contributed by atoms with Crippen molar-refractivity contribution in [1.29, 1.82) is 0 Å². The maximum atomic E-state index is 5.23. The van der Waals surface area contributed by atoms with Crippen LogP contribution in [-0.4, -0.2) is 7.11 Å². The second-order valence-electron chi connectivity index (χ2n) is 5.06. The van der Waals surface area contributed by atoms with E-state index in [1.807, 2.05) is 24.3 Å². The van der Waals surface area contributed by atoms with Crippen molar-refractivity contribution in [3.8, 4) is 5.75 Å². The van der Waals surface area contributed by atoms with Gasteiger partial charge in [0, 0.05) is 9.80 Å². The van der Waals surface area contributed by atoms with Gasteiger partial charge in [0.1, 0.15) is 5.75 Å². The SMILES string of the molecule is COc1ccc(S/C(=C\c2ccccc2)c2ccccc2)cc1. The molecule has 0 aliphatic rings. The van der Waals surface area contributed by atoms with Crippen molar-refractivity contribution in [2.75, 3.05) is 7.11 Å². The molecule has 1 nitrogen and oxygen atoms in total. The first-order chi connectivity index (χ1) is 11.3. The van der Waals surface area contributed by atoms with E-state index in [1.54, 1.807) is 18.9 Å². The van der Waals surface area contributed by atoms with Gasteiger partial charge in [-0.15, -0.1) is 0 Å². The number of thioether (sulfide) groups is 1. The number of hydrogen-bond acceptors (Lipinski definition) is 2. The van der Waals surface area contributed by atoms with E-state index in [0.717, 1.165) is 5.75 Å². The van der Waals surface area contributed by atoms with E-state index in [-0.39, 0.29) is 0 Å². The number of methoxy groups -OCH3 is 1. The van der Waals surface area contributed by atoms with Crippen molar-refractivity contribution in [2.24, 2.45) is 0 Å². The highest BCUT2D eigenvalue weighted by Gasteiger charge is 2.05. The summed E-state index contributed by atoms with van der Waals surface area (Å²) in [6.07, 6.45) is 2.23. The summed E-state index contributed by atoms with van der Waals surface area (Å²) in [6, 6.07) is 29.0. The zero-order valence-corrected chi connectivity index (χ0v) is 13.8. The van der Waals surface area contributed by atoms with Crippen molar-refractivity contribution in [3.05, 3.63) is 96.1 Å². The zero-order chi connectivity index (χ0) is 15.9. The van der Waals surface area contributed by atoms with Crippen LogP contribution in [0.1, 0.15) is 11.1 Å². The average Bonchev–Trinajstić information content (AvgIpc) is 2.63. The topological polar surface area (TPSA) is 9.23 Å². The molecule has 0 amide bonds. The van der Waals surface area contributed by atoms with Crippen LogP contribution in [0.4, 0.5) is 0 Å². The van der Waals surface area contributed by atoms with Gasteiger partial charge in [0.15, 0.2) is 0 Å². The van der Waals surface area contributed by atoms with E-state index in [2.05, 4.69) is 66.7 Å². The minimum absolute atomic E-state index is 0.877. The van der Waals surface area contributed by atoms with Crippen LogP contribution in [0.3, 0.4) is 0 Å². The van der Waals surface area contributed by atoms with Gasteiger partial charge in [-0.3, -0.25) is 0 Å². The molecule has 3 aromatic rings. The van der Waals surface area contributed by atoms with Gasteiger partial charge in [0.05, 0.1) is 7.11 Å². The molecule has 0 aromatic heterocycles. The Morgan fingerprint density at radius 3 is 2.00 bits per heavy atom. The highest BCUT2D eigenvalue weighted by molar-refractivity contribution is 8.08. The van der Waals surface area contributed by atoms with E-state index in [0.29, 0.717) is 0 Å². The van der Waals surface area contributed by atoms with E-state index < -0.39 is 0 Å². The second kappa shape index (κ2) is 7.70. The molecule has 3 rings (SSSR count). The Hall–Kier alpha value is -2.45. The maximum Gasteiger partial charge on any atom is 0.118 e. The Bertz CT molecular complexity index is 762. The first kappa shape index (κ1) is 15.4. The summed E-state index contributed by atoms with van der Waals surface area (Å²) in [4.78, 5) is 2.42. The molecule has 0 aliphatic carbocycles. The molecule has 2 heteroatoms. The molecule has 0 atom stereocenters. The van der Waals surface area contributed by atoms with E-state index in [9.17, 15) is 0 Å². The van der Waals surface area contributed by atoms with Gasteiger partial charge in [-0.05, 0) is 41.5 Å². The van der Waals surface area contributed by atoms with Crippen molar-refractivity contribution in [1.82, 2.24) is 0 Å². The third-order valence-electron chi connectivity index (χ3n) is 3.44. The molecular weight excluding hydrogens is 300 g/mol. The number of rotatable bonds is 5. The molecule has 0 bridgehead atoms. The molecule has 0 heterocycles. The van der Waals surface area contributed by atoms with Gasteiger partial charge in [-0.25, -0.2) is 0 Å². The highest BCUT2D eigenvalue weighted by Crippen LogP contribution is 2.36. The number of hydrogen-bond donors (Lipinski definition) is 0. The minimum Gasteiger partial charge on any atom is -0.497 e. The van der Waals surface area contributed by atoms with Crippen molar-refractivity contribution in [3.63, 3.8) is 0 Å². The quantitative estimate of drug-likeness (QED) is 0.422. The van der Waals surface area contributed by atoms with Gasteiger partial charge < -0.3 is 4.74 Å². The van der Waals surface area contributed by atoms with Gasteiger partial charge in [-0.2, -0.15) is 0 Å². The summed E-state index contributed by atoms with van der Waals surface area (Å²) >= 11 is 1.76. The van der Waals surface area contributed by atoms with Gasteiger partial charge in [0.2, 0.25) is 0 Å². The molecule has 0 fully saturated rings. The largest absolute Gasteiger partial charge is 0.497 e.